The van der Waals surface area contributed by atoms with Gasteiger partial charge < -0.3 is 10.3 Å². The van der Waals surface area contributed by atoms with E-state index in [2.05, 4.69) is 20.5 Å². The molecule has 1 aromatic heterocycles. The molecule has 0 saturated carbocycles. The van der Waals surface area contributed by atoms with E-state index >= 15 is 0 Å². The lowest BCUT2D eigenvalue weighted by molar-refractivity contribution is -0.121. The Hall–Kier alpha value is -3.28. The monoisotopic (exact) mass is 362 g/mol. The number of carbonyl (C=O) groups is 1. The van der Waals surface area contributed by atoms with E-state index in [-0.39, 0.29) is 30.0 Å². The summed E-state index contributed by atoms with van der Waals surface area (Å²) in [5.74, 6) is 0.325. The third kappa shape index (κ3) is 5.34. The second kappa shape index (κ2) is 8.89. The van der Waals surface area contributed by atoms with Crippen LogP contribution < -0.4 is 10.9 Å². The molecule has 0 aliphatic carbocycles. The molecule has 0 aliphatic rings. The molecule has 138 valence electrons. The molecular formula is C21H22N4O2. The van der Waals surface area contributed by atoms with Gasteiger partial charge in [0.25, 0.3) is 5.56 Å². The molecule has 3 rings (SSSR count). The standard InChI is InChI=1S/C21H22N4O2/c1-15-7-9-17(10-8-15)20-23-21(27)18(24-25-20)11-12-19(26)22-14-13-16-5-3-2-4-6-16/h2-10H,11-14H2,1H3,(H,22,26)(H,23,25,27). The Bertz CT molecular complexity index is 950. The fraction of sp³-hybridized carbons (Fsp3) is 0.238. The number of rotatable bonds is 7. The van der Waals surface area contributed by atoms with Crippen LogP contribution in [0.4, 0.5) is 0 Å². The van der Waals surface area contributed by atoms with Gasteiger partial charge in [-0.3, -0.25) is 9.59 Å². The largest absolute Gasteiger partial charge is 0.356 e. The molecule has 6 heteroatoms. The summed E-state index contributed by atoms with van der Waals surface area (Å²) < 4.78 is 0. The number of hydrogen-bond acceptors (Lipinski definition) is 4. The van der Waals surface area contributed by atoms with Gasteiger partial charge in [0, 0.05) is 24.9 Å². The van der Waals surface area contributed by atoms with Crippen molar-refractivity contribution in [3.8, 4) is 11.4 Å². The van der Waals surface area contributed by atoms with Gasteiger partial charge in [-0.2, -0.15) is 0 Å². The van der Waals surface area contributed by atoms with Crippen LogP contribution in [0.5, 0.6) is 0 Å². The predicted molar refractivity (Wildman–Crippen MR) is 104 cm³/mol. The highest BCUT2D eigenvalue weighted by Gasteiger charge is 2.09. The van der Waals surface area contributed by atoms with Gasteiger partial charge in [-0.25, -0.2) is 0 Å². The second-order valence-electron chi connectivity index (χ2n) is 6.40. The zero-order valence-electron chi connectivity index (χ0n) is 15.2. The van der Waals surface area contributed by atoms with Gasteiger partial charge in [0.15, 0.2) is 5.82 Å². The number of aromatic nitrogens is 3. The Morgan fingerprint density at radius 3 is 2.44 bits per heavy atom. The Balaban J connectivity index is 1.51. The first-order valence-electron chi connectivity index (χ1n) is 8.95. The number of hydrogen-bond donors (Lipinski definition) is 2. The number of aryl methyl sites for hydroxylation is 2. The highest BCUT2D eigenvalue weighted by atomic mass is 16.1. The summed E-state index contributed by atoms with van der Waals surface area (Å²) in [6, 6.07) is 17.6. The molecule has 1 amide bonds. The lowest BCUT2D eigenvalue weighted by Gasteiger charge is -2.05. The Morgan fingerprint density at radius 2 is 1.74 bits per heavy atom. The van der Waals surface area contributed by atoms with Crippen LogP contribution in [0.15, 0.2) is 59.4 Å². The molecule has 2 aromatic carbocycles. The van der Waals surface area contributed by atoms with E-state index in [1.807, 2.05) is 61.5 Å². The first-order chi connectivity index (χ1) is 13.1. The summed E-state index contributed by atoms with van der Waals surface area (Å²) in [6.45, 7) is 2.56. The first kappa shape index (κ1) is 18.5. The molecule has 0 saturated heterocycles. The third-order valence-electron chi connectivity index (χ3n) is 4.26. The average molecular weight is 362 g/mol. The maximum atomic E-state index is 12.2. The van der Waals surface area contributed by atoms with E-state index in [0.717, 1.165) is 17.5 Å². The summed E-state index contributed by atoms with van der Waals surface area (Å²) in [5, 5.41) is 10.9. The molecule has 1 heterocycles. The van der Waals surface area contributed by atoms with Crippen molar-refractivity contribution in [2.75, 3.05) is 6.54 Å². The summed E-state index contributed by atoms with van der Waals surface area (Å²) in [7, 11) is 0. The van der Waals surface area contributed by atoms with Gasteiger partial charge in [-0.1, -0.05) is 60.2 Å². The maximum Gasteiger partial charge on any atom is 0.273 e. The molecule has 0 bridgehead atoms. The molecule has 6 nitrogen and oxygen atoms in total. The van der Waals surface area contributed by atoms with E-state index in [1.165, 1.54) is 5.56 Å². The normalized spacial score (nSPS) is 10.6. The Morgan fingerprint density at radius 1 is 1.00 bits per heavy atom. The van der Waals surface area contributed by atoms with Gasteiger partial charge in [-0.15, -0.1) is 10.2 Å². The Labute approximate surface area is 157 Å². The van der Waals surface area contributed by atoms with Crippen LogP contribution >= 0.6 is 0 Å². The minimum atomic E-state index is -0.308. The lowest BCUT2D eigenvalue weighted by Crippen LogP contribution is -2.27. The molecule has 0 spiro atoms. The molecule has 0 atom stereocenters. The highest BCUT2D eigenvalue weighted by molar-refractivity contribution is 5.76. The molecule has 3 aromatic rings. The number of benzene rings is 2. The summed E-state index contributed by atoms with van der Waals surface area (Å²) in [4.78, 5) is 26.9. The van der Waals surface area contributed by atoms with Gasteiger partial charge in [-0.05, 0) is 18.9 Å². The van der Waals surface area contributed by atoms with Crippen molar-refractivity contribution in [3.63, 3.8) is 0 Å². The van der Waals surface area contributed by atoms with Gasteiger partial charge in [0.2, 0.25) is 5.91 Å². The number of carbonyl (C=O) groups excluding carboxylic acids is 1. The van der Waals surface area contributed by atoms with E-state index in [9.17, 15) is 9.59 Å². The SMILES string of the molecule is Cc1ccc(-c2nnc(CCC(=O)NCCc3ccccc3)c(=O)[nH]2)cc1. The lowest BCUT2D eigenvalue weighted by atomic mass is 10.1. The van der Waals surface area contributed by atoms with E-state index < -0.39 is 0 Å². The topological polar surface area (TPSA) is 87.7 Å². The first-order valence-corrected chi connectivity index (χ1v) is 8.95. The minimum absolute atomic E-state index is 0.102. The van der Waals surface area contributed by atoms with Crippen molar-refractivity contribution in [3.05, 3.63) is 81.8 Å². The number of amides is 1. The summed E-state index contributed by atoms with van der Waals surface area (Å²) in [6.07, 6.45) is 1.24. The molecule has 2 N–H and O–H groups in total. The summed E-state index contributed by atoms with van der Waals surface area (Å²) in [5.41, 5.74) is 3.06. The average Bonchev–Trinajstić information content (AvgIpc) is 2.68. The summed E-state index contributed by atoms with van der Waals surface area (Å²) >= 11 is 0. The van der Waals surface area contributed by atoms with Crippen molar-refractivity contribution < 1.29 is 4.79 Å². The Kier molecular flexibility index (Phi) is 6.10. The molecule has 27 heavy (non-hydrogen) atoms. The van der Waals surface area contributed by atoms with Crippen molar-refractivity contribution in [2.24, 2.45) is 0 Å². The van der Waals surface area contributed by atoms with Crippen molar-refractivity contribution in [1.29, 1.82) is 0 Å². The zero-order valence-corrected chi connectivity index (χ0v) is 15.2. The van der Waals surface area contributed by atoms with Gasteiger partial charge in [0.1, 0.15) is 5.69 Å². The van der Waals surface area contributed by atoms with Gasteiger partial charge >= 0.3 is 0 Å². The van der Waals surface area contributed by atoms with Crippen LogP contribution in [-0.2, 0) is 17.6 Å². The fourth-order valence-electron chi connectivity index (χ4n) is 2.68. The van der Waals surface area contributed by atoms with Crippen LogP contribution in [-0.4, -0.2) is 27.6 Å². The quantitative estimate of drug-likeness (QED) is 0.676. The fourth-order valence-corrected chi connectivity index (χ4v) is 2.68. The van der Waals surface area contributed by atoms with Gasteiger partial charge in [0.05, 0.1) is 0 Å². The molecule has 0 aliphatic heterocycles. The maximum absolute atomic E-state index is 12.2. The van der Waals surface area contributed by atoms with Crippen molar-refractivity contribution in [1.82, 2.24) is 20.5 Å². The highest BCUT2D eigenvalue weighted by Crippen LogP contribution is 2.13. The second-order valence-corrected chi connectivity index (χ2v) is 6.40. The molecule has 0 fully saturated rings. The molecule has 0 unspecified atom stereocenters. The third-order valence-corrected chi connectivity index (χ3v) is 4.26. The van der Waals surface area contributed by atoms with Crippen molar-refractivity contribution in [2.45, 2.75) is 26.2 Å². The molecule has 0 radical (unpaired) electrons. The number of aromatic amines is 1. The van der Waals surface area contributed by atoms with Crippen LogP contribution in [0.2, 0.25) is 0 Å². The van der Waals surface area contributed by atoms with E-state index in [0.29, 0.717) is 12.4 Å². The van der Waals surface area contributed by atoms with Crippen LogP contribution in [0.25, 0.3) is 11.4 Å². The predicted octanol–water partition coefficient (Wildman–Crippen LogP) is 2.43. The van der Waals surface area contributed by atoms with Crippen molar-refractivity contribution >= 4 is 5.91 Å². The number of nitrogens with zero attached hydrogens (tertiary/aromatic N) is 2. The minimum Gasteiger partial charge on any atom is -0.356 e. The number of H-pyrrole nitrogens is 1. The zero-order chi connectivity index (χ0) is 19.1. The smallest absolute Gasteiger partial charge is 0.273 e. The van der Waals surface area contributed by atoms with E-state index in [4.69, 9.17) is 0 Å². The molecular weight excluding hydrogens is 340 g/mol. The van der Waals surface area contributed by atoms with Crippen LogP contribution in [0.3, 0.4) is 0 Å². The van der Waals surface area contributed by atoms with Crippen LogP contribution in [0.1, 0.15) is 23.2 Å². The van der Waals surface area contributed by atoms with Crippen LogP contribution in [0, 0.1) is 6.92 Å². The number of nitrogens with one attached hydrogen (secondary N) is 2. The van der Waals surface area contributed by atoms with E-state index in [1.54, 1.807) is 0 Å².